The van der Waals surface area contributed by atoms with Gasteiger partial charge in [0.15, 0.2) is 0 Å². The largest absolute Gasteiger partial charge is 0.316 e. The van der Waals surface area contributed by atoms with Gasteiger partial charge in [0.2, 0.25) is 0 Å². The predicted octanol–water partition coefficient (Wildman–Crippen LogP) is 2.00. The lowest BCUT2D eigenvalue weighted by Gasteiger charge is -2.17. The molecule has 0 aliphatic carbocycles. The van der Waals surface area contributed by atoms with Crippen molar-refractivity contribution in [1.29, 1.82) is 0 Å². The van der Waals surface area contributed by atoms with Gasteiger partial charge in [-0.15, -0.1) is 0 Å². The Hall–Kier alpha value is -0.860. The first-order valence-electron chi connectivity index (χ1n) is 6.41. The van der Waals surface area contributed by atoms with Gasteiger partial charge < -0.3 is 5.32 Å². The smallest absolute Gasteiger partial charge is 0.0240 e. The summed E-state index contributed by atoms with van der Waals surface area (Å²) in [6.45, 7) is 6.05. The minimum atomic E-state index is 0.920. The predicted molar refractivity (Wildman–Crippen MR) is 66.1 cm³/mol. The molecule has 0 saturated carbocycles. The Morgan fingerprint density at radius 2 is 1.94 bits per heavy atom. The van der Waals surface area contributed by atoms with Crippen molar-refractivity contribution in [2.24, 2.45) is 5.92 Å². The van der Waals surface area contributed by atoms with Crippen LogP contribution in [0, 0.1) is 5.92 Å². The van der Waals surface area contributed by atoms with Gasteiger partial charge in [-0.05, 0) is 49.5 Å². The van der Waals surface area contributed by atoms with Crippen LogP contribution in [-0.2, 0) is 13.1 Å². The van der Waals surface area contributed by atoms with Gasteiger partial charge in [-0.3, -0.25) is 4.90 Å². The minimum absolute atomic E-state index is 0.920. The number of hydrogen-bond donors (Lipinski definition) is 1. The molecule has 0 radical (unpaired) electrons. The van der Waals surface area contributed by atoms with E-state index in [9.17, 15) is 0 Å². The van der Waals surface area contributed by atoms with Gasteiger partial charge in [0, 0.05) is 13.1 Å². The maximum absolute atomic E-state index is 3.45. The average molecular weight is 216 g/mol. The summed E-state index contributed by atoms with van der Waals surface area (Å²) in [5.41, 5.74) is 3.07. The summed E-state index contributed by atoms with van der Waals surface area (Å²) in [4.78, 5) is 2.59. The first-order chi connectivity index (χ1) is 7.92. The van der Waals surface area contributed by atoms with Crippen LogP contribution in [0.1, 0.15) is 24.0 Å². The summed E-state index contributed by atoms with van der Waals surface area (Å²) >= 11 is 0. The maximum atomic E-state index is 3.45. The first-order valence-corrected chi connectivity index (χ1v) is 6.41. The Morgan fingerprint density at radius 3 is 2.56 bits per heavy atom. The van der Waals surface area contributed by atoms with E-state index in [2.05, 4.69) is 34.5 Å². The third-order valence-electron chi connectivity index (χ3n) is 3.92. The van der Waals surface area contributed by atoms with Crippen LogP contribution in [0.3, 0.4) is 0 Å². The Kier molecular flexibility index (Phi) is 2.94. The summed E-state index contributed by atoms with van der Waals surface area (Å²) in [6.07, 6.45) is 2.74. The van der Waals surface area contributed by atoms with Crippen molar-refractivity contribution in [2.75, 3.05) is 19.6 Å². The highest BCUT2D eigenvalue weighted by atomic mass is 15.1. The molecular weight excluding hydrogens is 196 g/mol. The molecule has 2 aliphatic rings. The van der Waals surface area contributed by atoms with Crippen molar-refractivity contribution in [1.82, 2.24) is 10.2 Å². The number of nitrogens with zero attached hydrogens (tertiary/aromatic N) is 1. The number of benzene rings is 1. The fraction of sp³-hybridized carbons (Fsp3) is 0.571. The molecule has 2 heterocycles. The number of fused-ring (bicyclic) bond motifs is 1. The molecule has 3 rings (SSSR count). The zero-order valence-electron chi connectivity index (χ0n) is 9.78. The van der Waals surface area contributed by atoms with E-state index in [1.54, 1.807) is 0 Å². The van der Waals surface area contributed by atoms with Crippen LogP contribution < -0.4 is 5.32 Å². The first kappa shape index (κ1) is 10.3. The van der Waals surface area contributed by atoms with Crippen LogP contribution >= 0.6 is 0 Å². The lowest BCUT2D eigenvalue weighted by molar-refractivity contribution is 0.262. The van der Waals surface area contributed by atoms with Gasteiger partial charge in [0.25, 0.3) is 0 Å². The highest BCUT2D eigenvalue weighted by Crippen LogP contribution is 2.23. The molecule has 0 bridgehead atoms. The molecule has 0 amide bonds. The van der Waals surface area contributed by atoms with E-state index in [1.165, 1.54) is 43.6 Å². The van der Waals surface area contributed by atoms with E-state index in [4.69, 9.17) is 0 Å². The van der Waals surface area contributed by atoms with E-state index < -0.39 is 0 Å². The Morgan fingerprint density at radius 1 is 1.19 bits per heavy atom. The van der Waals surface area contributed by atoms with Crippen molar-refractivity contribution >= 4 is 0 Å². The SMILES string of the molecule is c1ccc2c(c1)CN(CCC1CCNC1)C2. The Labute approximate surface area is 97.6 Å². The maximum Gasteiger partial charge on any atom is 0.0240 e. The molecule has 1 aromatic carbocycles. The summed E-state index contributed by atoms with van der Waals surface area (Å²) < 4.78 is 0. The van der Waals surface area contributed by atoms with E-state index in [1.807, 2.05) is 0 Å². The highest BCUT2D eigenvalue weighted by Gasteiger charge is 2.20. The van der Waals surface area contributed by atoms with E-state index >= 15 is 0 Å². The van der Waals surface area contributed by atoms with E-state index in [0.717, 1.165) is 19.0 Å². The lowest BCUT2D eigenvalue weighted by Crippen LogP contribution is -2.21. The molecule has 1 saturated heterocycles. The Bertz CT molecular complexity index is 331. The van der Waals surface area contributed by atoms with Gasteiger partial charge in [0.1, 0.15) is 0 Å². The van der Waals surface area contributed by atoms with Crippen molar-refractivity contribution < 1.29 is 0 Å². The summed E-state index contributed by atoms with van der Waals surface area (Å²) in [5, 5.41) is 3.45. The molecule has 16 heavy (non-hydrogen) atoms. The van der Waals surface area contributed by atoms with Crippen molar-refractivity contribution in [3.63, 3.8) is 0 Å². The van der Waals surface area contributed by atoms with Gasteiger partial charge in [-0.1, -0.05) is 24.3 Å². The molecule has 86 valence electrons. The zero-order chi connectivity index (χ0) is 10.8. The zero-order valence-corrected chi connectivity index (χ0v) is 9.78. The second-order valence-corrected chi connectivity index (χ2v) is 5.13. The second kappa shape index (κ2) is 4.56. The fourth-order valence-corrected chi connectivity index (χ4v) is 2.89. The minimum Gasteiger partial charge on any atom is -0.316 e. The van der Waals surface area contributed by atoms with Gasteiger partial charge in [-0.25, -0.2) is 0 Å². The van der Waals surface area contributed by atoms with Crippen LogP contribution in [0.2, 0.25) is 0 Å². The van der Waals surface area contributed by atoms with Gasteiger partial charge in [0.05, 0.1) is 0 Å². The third kappa shape index (κ3) is 2.13. The molecule has 1 aromatic rings. The summed E-state index contributed by atoms with van der Waals surface area (Å²) in [6, 6.07) is 8.85. The lowest BCUT2D eigenvalue weighted by atomic mass is 10.1. The van der Waals surface area contributed by atoms with Crippen LogP contribution in [0.25, 0.3) is 0 Å². The van der Waals surface area contributed by atoms with Crippen LogP contribution in [0.15, 0.2) is 24.3 Å². The fourth-order valence-electron chi connectivity index (χ4n) is 2.89. The summed E-state index contributed by atoms with van der Waals surface area (Å²) in [5.74, 6) is 0.920. The highest BCUT2D eigenvalue weighted by molar-refractivity contribution is 5.30. The summed E-state index contributed by atoms with van der Waals surface area (Å²) in [7, 11) is 0. The molecule has 2 heteroatoms. The van der Waals surface area contributed by atoms with Crippen LogP contribution in [0.4, 0.5) is 0 Å². The second-order valence-electron chi connectivity index (χ2n) is 5.13. The van der Waals surface area contributed by atoms with Crippen molar-refractivity contribution in [3.8, 4) is 0 Å². The molecule has 1 unspecified atom stereocenters. The Balaban J connectivity index is 1.52. The molecule has 2 nitrogen and oxygen atoms in total. The molecule has 1 N–H and O–H groups in total. The standard InChI is InChI=1S/C14H20N2/c1-2-4-14-11-16(10-13(14)3-1)8-6-12-5-7-15-9-12/h1-4,12,15H,5-11H2. The molecule has 2 aliphatic heterocycles. The quantitative estimate of drug-likeness (QED) is 0.831. The van der Waals surface area contributed by atoms with Crippen LogP contribution in [0.5, 0.6) is 0 Å². The van der Waals surface area contributed by atoms with E-state index in [-0.39, 0.29) is 0 Å². The van der Waals surface area contributed by atoms with Crippen molar-refractivity contribution in [2.45, 2.75) is 25.9 Å². The monoisotopic (exact) mass is 216 g/mol. The van der Waals surface area contributed by atoms with Gasteiger partial charge >= 0.3 is 0 Å². The average Bonchev–Trinajstić information content (AvgIpc) is 2.95. The molecule has 1 fully saturated rings. The molecular formula is C14H20N2. The normalized spacial score (nSPS) is 24.9. The molecule has 0 spiro atoms. The topological polar surface area (TPSA) is 15.3 Å². The third-order valence-corrected chi connectivity index (χ3v) is 3.92. The molecule has 1 atom stereocenters. The molecule has 0 aromatic heterocycles. The number of nitrogens with one attached hydrogen (secondary N) is 1. The number of rotatable bonds is 3. The van der Waals surface area contributed by atoms with Crippen molar-refractivity contribution in [3.05, 3.63) is 35.4 Å². The van der Waals surface area contributed by atoms with E-state index in [0.29, 0.717) is 0 Å². The van der Waals surface area contributed by atoms with Crippen LogP contribution in [-0.4, -0.2) is 24.5 Å². The van der Waals surface area contributed by atoms with Gasteiger partial charge in [-0.2, -0.15) is 0 Å². The number of hydrogen-bond acceptors (Lipinski definition) is 2.